The molecule has 33 heavy (non-hydrogen) atoms. The Morgan fingerprint density at radius 3 is 2.48 bits per heavy atom. The molecule has 0 spiro atoms. The number of amides is 1. The summed E-state index contributed by atoms with van der Waals surface area (Å²) >= 11 is 0. The molecule has 1 atom stereocenters. The van der Waals surface area contributed by atoms with Gasteiger partial charge in [0, 0.05) is 12.6 Å². The van der Waals surface area contributed by atoms with Crippen molar-refractivity contribution < 1.29 is 23.9 Å². The summed E-state index contributed by atoms with van der Waals surface area (Å²) in [7, 11) is 3.01. The maximum atomic E-state index is 13.0. The zero-order chi connectivity index (χ0) is 24.1. The first kappa shape index (κ1) is 23.9. The van der Waals surface area contributed by atoms with Crippen LogP contribution in [-0.2, 0) is 26.1 Å². The van der Waals surface area contributed by atoms with E-state index in [2.05, 4.69) is 15.4 Å². The van der Waals surface area contributed by atoms with Crippen molar-refractivity contribution in [3.63, 3.8) is 0 Å². The zero-order valence-corrected chi connectivity index (χ0v) is 19.4. The summed E-state index contributed by atoms with van der Waals surface area (Å²) in [6.07, 6.45) is 0.409. The second kappa shape index (κ2) is 10.2. The lowest BCUT2D eigenvalue weighted by Gasteiger charge is -2.18. The minimum atomic E-state index is -0.806. The predicted molar refractivity (Wildman–Crippen MR) is 122 cm³/mol. The van der Waals surface area contributed by atoms with Crippen molar-refractivity contribution in [2.24, 2.45) is 13.0 Å². The molecule has 1 amide bonds. The molecule has 0 aliphatic rings. The van der Waals surface area contributed by atoms with E-state index in [4.69, 9.17) is 9.47 Å². The molecule has 0 aliphatic heterocycles. The van der Waals surface area contributed by atoms with Crippen LogP contribution in [0.25, 0.3) is 22.3 Å². The molecule has 0 fully saturated rings. The van der Waals surface area contributed by atoms with Crippen LogP contribution in [0.2, 0.25) is 0 Å². The van der Waals surface area contributed by atoms with Gasteiger partial charge in [-0.15, -0.1) is 0 Å². The van der Waals surface area contributed by atoms with Gasteiger partial charge in [-0.1, -0.05) is 44.2 Å². The van der Waals surface area contributed by atoms with Gasteiger partial charge in [-0.05, 0) is 25.3 Å². The molecule has 2 heterocycles. The monoisotopic (exact) mass is 452 g/mol. The lowest BCUT2D eigenvalue weighted by Crippen LogP contribution is -2.44. The number of methoxy groups -OCH3 is 1. The maximum Gasteiger partial charge on any atom is 0.339 e. The van der Waals surface area contributed by atoms with E-state index in [9.17, 15) is 14.4 Å². The smallest absolute Gasteiger partial charge is 0.339 e. The third-order valence-corrected chi connectivity index (χ3v) is 5.12. The fourth-order valence-corrected chi connectivity index (χ4v) is 3.64. The van der Waals surface area contributed by atoms with Crippen LogP contribution in [0.1, 0.15) is 36.3 Å². The number of benzene rings is 1. The Morgan fingerprint density at radius 2 is 1.85 bits per heavy atom. The van der Waals surface area contributed by atoms with Crippen molar-refractivity contribution in [3.8, 4) is 11.3 Å². The number of hydrogen-bond donors (Lipinski definition) is 1. The van der Waals surface area contributed by atoms with Crippen LogP contribution in [0.5, 0.6) is 0 Å². The Hall–Kier alpha value is -3.75. The average molecular weight is 453 g/mol. The Balaban J connectivity index is 1.83. The van der Waals surface area contributed by atoms with Gasteiger partial charge < -0.3 is 14.8 Å². The van der Waals surface area contributed by atoms with Crippen LogP contribution in [0.4, 0.5) is 0 Å². The highest BCUT2D eigenvalue weighted by molar-refractivity contribution is 6.05. The van der Waals surface area contributed by atoms with Gasteiger partial charge in [0.1, 0.15) is 6.04 Å². The van der Waals surface area contributed by atoms with Crippen molar-refractivity contribution in [1.82, 2.24) is 20.1 Å². The molecule has 0 saturated heterocycles. The van der Waals surface area contributed by atoms with Crippen molar-refractivity contribution in [3.05, 3.63) is 47.7 Å². The Bertz CT molecular complexity index is 1170. The van der Waals surface area contributed by atoms with Gasteiger partial charge in [0.2, 0.25) is 0 Å². The molecule has 0 aliphatic carbocycles. The van der Waals surface area contributed by atoms with Crippen molar-refractivity contribution >= 4 is 28.9 Å². The van der Waals surface area contributed by atoms with Gasteiger partial charge in [0.15, 0.2) is 12.3 Å². The fraction of sp³-hybridized carbons (Fsp3) is 0.375. The molecule has 0 bridgehead atoms. The summed E-state index contributed by atoms with van der Waals surface area (Å²) < 4.78 is 11.7. The summed E-state index contributed by atoms with van der Waals surface area (Å²) in [5.74, 6) is -1.65. The molecule has 0 radical (unpaired) electrons. The van der Waals surface area contributed by atoms with E-state index in [1.807, 2.05) is 44.2 Å². The number of nitrogens with zero attached hydrogens (tertiary/aromatic N) is 3. The standard InChI is InChI=1S/C24H28N4O5/c1-14(2)11-19(24(31)32-5)25-20(29)13-33-23(30)17-12-18(16-9-7-6-8-10-16)26-22-21(17)15(3)27-28(22)4/h6-10,12,14,19H,11,13H2,1-5H3,(H,25,29). The Kier molecular flexibility index (Phi) is 7.42. The molecule has 9 nitrogen and oxygen atoms in total. The van der Waals surface area contributed by atoms with E-state index in [1.165, 1.54) is 7.11 Å². The number of fused-ring (bicyclic) bond motifs is 1. The molecular formula is C24H28N4O5. The predicted octanol–water partition coefficient (Wildman–Crippen LogP) is 2.80. The minimum absolute atomic E-state index is 0.159. The molecule has 1 aromatic carbocycles. The maximum absolute atomic E-state index is 13.0. The number of pyridine rings is 1. The minimum Gasteiger partial charge on any atom is -0.467 e. The van der Waals surface area contributed by atoms with E-state index in [0.717, 1.165) is 5.56 Å². The lowest BCUT2D eigenvalue weighted by molar-refractivity contribution is -0.145. The van der Waals surface area contributed by atoms with Crippen molar-refractivity contribution in [1.29, 1.82) is 0 Å². The Labute approximate surface area is 192 Å². The van der Waals surface area contributed by atoms with Gasteiger partial charge in [-0.3, -0.25) is 9.48 Å². The van der Waals surface area contributed by atoms with Crippen LogP contribution in [0, 0.1) is 12.8 Å². The number of nitrogens with one attached hydrogen (secondary N) is 1. The molecule has 9 heteroatoms. The highest BCUT2D eigenvalue weighted by Gasteiger charge is 2.24. The first-order valence-corrected chi connectivity index (χ1v) is 10.6. The number of aryl methyl sites for hydroxylation is 2. The fourth-order valence-electron chi connectivity index (χ4n) is 3.64. The average Bonchev–Trinajstić information content (AvgIpc) is 3.09. The van der Waals surface area contributed by atoms with Crippen molar-refractivity contribution in [2.75, 3.05) is 13.7 Å². The molecule has 1 N–H and O–H groups in total. The zero-order valence-electron chi connectivity index (χ0n) is 19.4. The van der Waals surface area contributed by atoms with Gasteiger partial charge >= 0.3 is 11.9 Å². The van der Waals surface area contributed by atoms with E-state index < -0.39 is 30.5 Å². The first-order chi connectivity index (χ1) is 15.7. The molecular weight excluding hydrogens is 424 g/mol. The summed E-state index contributed by atoms with van der Waals surface area (Å²) in [5.41, 5.74) is 2.85. The van der Waals surface area contributed by atoms with E-state index in [1.54, 1.807) is 24.7 Å². The molecule has 3 rings (SSSR count). The number of hydrogen-bond acceptors (Lipinski definition) is 7. The summed E-state index contributed by atoms with van der Waals surface area (Å²) in [6.45, 7) is 5.10. The van der Waals surface area contributed by atoms with Gasteiger partial charge in [-0.2, -0.15) is 5.10 Å². The van der Waals surface area contributed by atoms with Gasteiger partial charge in [0.25, 0.3) is 5.91 Å². The second-order valence-corrected chi connectivity index (χ2v) is 8.18. The van der Waals surface area contributed by atoms with Gasteiger partial charge in [-0.25, -0.2) is 14.6 Å². The van der Waals surface area contributed by atoms with E-state index >= 15 is 0 Å². The molecule has 174 valence electrons. The topological polar surface area (TPSA) is 112 Å². The number of esters is 2. The van der Waals surface area contributed by atoms with Gasteiger partial charge in [0.05, 0.1) is 29.4 Å². The quantitative estimate of drug-likeness (QED) is 0.523. The van der Waals surface area contributed by atoms with Crippen LogP contribution < -0.4 is 5.32 Å². The molecule has 1 unspecified atom stereocenters. The van der Waals surface area contributed by atoms with Crippen molar-refractivity contribution in [2.45, 2.75) is 33.2 Å². The number of ether oxygens (including phenoxy) is 2. The SMILES string of the molecule is COC(=O)C(CC(C)C)NC(=O)COC(=O)c1cc(-c2ccccc2)nc2c1c(C)nn2C. The lowest BCUT2D eigenvalue weighted by atomic mass is 10.0. The Morgan fingerprint density at radius 1 is 1.15 bits per heavy atom. The highest BCUT2D eigenvalue weighted by atomic mass is 16.5. The third kappa shape index (κ3) is 5.54. The third-order valence-electron chi connectivity index (χ3n) is 5.12. The normalized spacial score (nSPS) is 11.9. The van der Waals surface area contributed by atoms with E-state index in [0.29, 0.717) is 28.8 Å². The van der Waals surface area contributed by atoms with Crippen LogP contribution in [0.15, 0.2) is 36.4 Å². The molecule has 2 aromatic heterocycles. The second-order valence-electron chi connectivity index (χ2n) is 8.18. The molecule has 0 saturated carbocycles. The number of aromatic nitrogens is 3. The van der Waals surface area contributed by atoms with Crippen LogP contribution >= 0.6 is 0 Å². The number of rotatable bonds is 8. The summed E-state index contributed by atoms with van der Waals surface area (Å²) in [6, 6.07) is 10.3. The highest BCUT2D eigenvalue weighted by Crippen LogP contribution is 2.27. The molecule has 3 aromatic rings. The number of carbonyl (C=O) groups is 3. The summed E-state index contributed by atoms with van der Waals surface area (Å²) in [5, 5.41) is 7.52. The largest absolute Gasteiger partial charge is 0.467 e. The van der Waals surface area contributed by atoms with Crippen LogP contribution in [-0.4, -0.2) is 52.4 Å². The van der Waals surface area contributed by atoms with Crippen LogP contribution in [0.3, 0.4) is 0 Å². The first-order valence-electron chi connectivity index (χ1n) is 10.6. The van der Waals surface area contributed by atoms with E-state index in [-0.39, 0.29) is 11.5 Å². The number of carbonyl (C=O) groups excluding carboxylic acids is 3. The summed E-state index contributed by atoms with van der Waals surface area (Å²) in [4.78, 5) is 42.0.